The van der Waals surface area contributed by atoms with Gasteiger partial charge in [-0.05, 0) is 57.8 Å². The Morgan fingerprint density at radius 1 is 0.614 bits per heavy atom. The van der Waals surface area contributed by atoms with Gasteiger partial charge in [-0.25, -0.2) is 0 Å². The second-order valence-electron chi connectivity index (χ2n) is 12.3. The maximum Gasteiger partial charge on any atom is 0.267 e. The smallest absolute Gasteiger partial charge is 0.267 e. The number of carbonyl (C=O) groups excluding carboxylic acids is 1. The Bertz CT molecular complexity index is 855. The van der Waals surface area contributed by atoms with Gasteiger partial charge < -0.3 is 15.5 Å². The molecule has 258 valence electrons. The van der Waals surface area contributed by atoms with Gasteiger partial charge in [-0.3, -0.25) is 9.35 Å². The lowest BCUT2D eigenvalue weighted by atomic mass is 10.1. The molecule has 3 unspecified atom stereocenters. The van der Waals surface area contributed by atoms with Crippen molar-refractivity contribution in [1.82, 2.24) is 5.32 Å². The van der Waals surface area contributed by atoms with Crippen molar-refractivity contribution in [1.29, 1.82) is 0 Å². The van der Waals surface area contributed by atoms with Gasteiger partial charge in [0.15, 0.2) is 0 Å². The summed E-state index contributed by atoms with van der Waals surface area (Å²) in [5.41, 5.74) is 0. The predicted octanol–water partition coefficient (Wildman–Crippen LogP) is 8.76. The normalized spacial score (nSPS) is 14.6. The van der Waals surface area contributed by atoms with E-state index in [1.807, 2.05) is 0 Å². The van der Waals surface area contributed by atoms with E-state index in [9.17, 15) is 28.0 Å². The predicted molar refractivity (Wildman–Crippen MR) is 185 cm³/mol. The fourth-order valence-corrected chi connectivity index (χ4v) is 5.85. The van der Waals surface area contributed by atoms with Crippen LogP contribution in [0.25, 0.3) is 0 Å². The summed E-state index contributed by atoms with van der Waals surface area (Å²) in [5.74, 6) is -1.57. The molecule has 0 bridgehead atoms. The lowest BCUT2D eigenvalue weighted by molar-refractivity contribution is -0.130. The number of amides is 1. The molecule has 0 aliphatic heterocycles. The molecule has 0 aromatic carbocycles. The van der Waals surface area contributed by atoms with Gasteiger partial charge in [0.2, 0.25) is 5.91 Å². The molecule has 0 aliphatic carbocycles. The van der Waals surface area contributed by atoms with Crippen LogP contribution in [0.2, 0.25) is 0 Å². The summed E-state index contributed by atoms with van der Waals surface area (Å²) in [5, 5.41) is 23.2. The molecule has 1 amide bonds. The van der Waals surface area contributed by atoms with Crippen molar-refractivity contribution in [2.24, 2.45) is 0 Å². The minimum absolute atomic E-state index is 0.260. The maximum absolute atomic E-state index is 12.5. The van der Waals surface area contributed by atoms with E-state index in [-0.39, 0.29) is 6.42 Å². The number of nitrogens with one attached hydrogen (secondary N) is 1. The molecule has 44 heavy (non-hydrogen) atoms. The van der Waals surface area contributed by atoms with Gasteiger partial charge >= 0.3 is 0 Å². The first kappa shape index (κ1) is 42.5. The molecule has 0 saturated heterocycles. The molecule has 0 radical (unpaired) electrons. The number of hydrogen-bond acceptors (Lipinski definition) is 5. The highest BCUT2D eigenvalue weighted by Gasteiger charge is 2.27. The number of carbonyl (C=O) groups is 1. The molecular formula is C36H67NO6S. The van der Waals surface area contributed by atoms with Crippen LogP contribution in [0.1, 0.15) is 162 Å². The van der Waals surface area contributed by atoms with E-state index in [4.69, 9.17) is 0 Å². The van der Waals surface area contributed by atoms with Crippen molar-refractivity contribution >= 4 is 16.0 Å². The third kappa shape index (κ3) is 29.2. The Kier molecular flexibility index (Phi) is 29.2. The topological polar surface area (TPSA) is 124 Å². The Balaban J connectivity index is 4.14. The van der Waals surface area contributed by atoms with Gasteiger partial charge in [0.25, 0.3) is 10.1 Å². The first-order valence-corrected chi connectivity index (χ1v) is 19.4. The van der Waals surface area contributed by atoms with E-state index in [0.717, 1.165) is 44.9 Å². The monoisotopic (exact) mass is 641 g/mol. The summed E-state index contributed by atoms with van der Waals surface area (Å²) in [6.07, 6.45) is 35.0. The van der Waals surface area contributed by atoms with Crippen molar-refractivity contribution in [3.8, 4) is 0 Å². The molecule has 0 fully saturated rings. The highest BCUT2D eigenvalue weighted by molar-refractivity contribution is 7.85. The third-order valence-electron chi connectivity index (χ3n) is 7.90. The summed E-state index contributed by atoms with van der Waals surface area (Å²) in [6, 6.07) is -1.25. The first-order chi connectivity index (χ1) is 21.2. The minimum Gasteiger partial charge on any atom is -0.387 e. The van der Waals surface area contributed by atoms with Crippen molar-refractivity contribution in [2.75, 3.05) is 5.75 Å². The van der Waals surface area contributed by atoms with E-state index in [1.54, 1.807) is 6.08 Å². The van der Waals surface area contributed by atoms with E-state index >= 15 is 0 Å². The van der Waals surface area contributed by atoms with Crippen LogP contribution in [-0.2, 0) is 14.9 Å². The van der Waals surface area contributed by atoms with Crippen LogP contribution >= 0.6 is 0 Å². The maximum atomic E-state index is 12.5. The van der Waals surface area contributed by atoms with Crippen LogP contribution in [0.15, 0.2) is 36.5 Å². The van der Waals surface area contributed by atoms with Gasteiger partial charge in [0.1, 0.15) is 6.10 Å². The zero-order valence-corrected chi connectivity index (χ0v) is 29.0. The van der Waals surface area contributed by atoms with E-state index in [0.29, 0.717) is 12.8 Å². The van der Waals surface area contributed by atoms with Crippen molar-refractivity contribution in [2.45, 2.75) is 180 Å². The Morgan fingerprint density at radius 3 is 1.52 bits per heavy atom. The molecule has 0 spiro atoms. The molecule has 0 aliphatic rings. The first-order valence-electron chi connectivity index (χ1n) is 17.8. The minimum atomic E-state index is -4.44. The fourth-order valence-electron chi connectivity index (χ4n) is 5.11. The number of unbranched alkanes of at least 4 members (excludes halogenated alkanes) is 18. The zero-order chi connectivity index (χ0) is 32.7. The number of aliphatic hydroxyl groups excluding tert-OH is 2. The van der Waals surface area contributed by atoms with Crippen LogP contribution in [0, 0.1) is 0 Å². The van der Waals surface area contributed by atoms with Crippen molar-refractivity contribution in [3.63, 3.8) is 0 Å². The number of hydrogen-bond donors (Lipinski definition) is 4. The summed E-state index contributed by atoms with van der Waals surface area (Å²) in [4.78, 5) is 12.5. The zero-order valence-electron chi connectivity index (χ0n) is 28.1. The third-order valence-corrected chi connectivity index (χ3v) is 8.68. The van der Waals surface area contributed by atoms with Crippen LogP contribution in [0.4, 0.5) is 0 Å². The summed E-state index contributed by atoms with van der Waals surface area (Å²) < 4.78 is 32.3. The molecule has 0 rings (SSSR count). The van der Waals surface area contributed by atoms with E-state index in [1.165, 1.54) is 89.5 Å². The second kappa shape index (κ2) is 30.2. The fraction of sp³-hybridized carbons (Fsp3) is 0.806. The molecule has 4 N–H and O–H groups in total. The van der Waals surface area contributed by atoms with Crippen LogP contribution in [0.5, 0.6) is 0 Å². The number of aliphatic hydroxyl groups is 2. The summed E-state index contributed by atoms with van der Waals surface area (Å²) >= 11 is 0. The van der Waals surface area contributed by atoms with Gasteiger partial charge in [0.05, 0.1) is 17.9 Å². The van der Waals surface area contributed by atoms with Crippen molar-refractivity contribution in [3.05, 3.63) is 36.5 Å². The average molecular weight is 642 g/mol. The highest BCUT2D eigenvalue weighted by Crippen LogP contribution is 2.12. The van der Waals surface area contributed by atoms with E-state index in [2.05, 4.69) is 43.5 Å². The van der Waals surface area contributed by atoms with Crippen LogP contribution in [-0.4, -0.2) is 53.1 Å². The lowest BCUT2D eigenvalue weighted by Gasteiger charge is -2.22. The molecule has 0 heterocycles. The Labute approximate surface area is 270 Å². The summed E-state index contributed by atoms with van der Waals surface area (Å²) in [7, 11) is -4.44. The lowest BCUT2D eigenvalue weighted by Crippen LogP contribution is -2.50. The van der Waals surface area contributed by atoms with Crippen LogP contribution in [0.3, 0.4) is 0 Å². The van der Waals surface area contributed by atoms with Gasteiger partial charge in [-0.15, -0.1) is 0 Å². The van der Waals surface area contributed by atoms with Gasteiger partial charge in [-0.2, -0.15) is 8.42 Å². The van der Waals surface area contributed by atoms with Gasteiger partial charge in [0, 0.05) is 0 Å². The molecular weight excluding hydrogens is 574 g/mol. The SMILES string of the molecule is CCCCCC/C=C/CC/C=C/C(O)C(CS(=O)(=O)O)NC(=O)C(O)CCCCCC/C=C\CCCCCCCCCCC. The Hall–Kier alpha value is -1.48. The standard InChI is InChI=1S/C36H67NO6S/c1-3-5-7-9-11-13-15-16-17-18-19-20-21-23-25-27-29-31-35(39)36(40)37-33(32-44(41,42)43)34(38)30-28-26-24-22-14-12-10-8-6-4-2/h14,19-20,22,28,30,33-35,38-39H,3-13,15-18,21,23-27,29,31-32H2,1-2H3,(H,37,40)(H,41,42,43)/b20-19-,22-14+,30-28+. The van der Waals surface area contributed by atoms with Crippen molar-refractivity contribution < 1.29 is 28.0 Å². The molecule has 0 aromatic heterocycles. The quantitative estimate of drug-likeness (QED) is 0.0341. The van der Waals surface area contributed by atoms with Gasteiger partial charge in [-0.1, -0.05) is 140 Å². The number of allylic oxidation sites excluding steroid dienone is 5. The number of rotatable bonds is 31. The van der Waals surface area contributed by atoms with E-state index < -0.39 is 40.0 Å². The molecule has 7 nitrogen and oxygen atoms in total. The molecule has 0 aromatic rings. The second-order valence-corrected chi connectivity index (χ2v) is 13.8. The molecule has 0 saturated carbocycles. The largest absolute Gasteiger partial charge is 0.387 e. The molecule has 8 heteroatoms. The summed E-state index contributed by atoms with van der Waals surface area (Å²) in [6.45, 7) is 4.44. The molecule has 3 atom stereocenters. The Morgan fingerprint density at radius 2 is 1.02 bits per heavy atom. The van der Waals surface area contributed by atoms with Crippen LogP contribution < -0.4 is 5.32 Å². The average Bonchev–Trinajstić information content (AvgIpc) is 2.98. The highest BCUT2D eigenvalue weighted by atomic mass is 32.2.